The molecule has 0 aromatic heterocycles. The van der Waals surface area contributed by atoms with Crippen LogP contribution in [-0.4, -0.2) is 65.0 Å². The third-order valence-electron chi connectivity index (χ3n) is 5.25. The maximum absolute atomic E-state index is 11.5. The topological polar surface area (TPSA) is 148 Å². The summed E-state index contributed by atoms with van der Waals surface area (Å²) in [6.07, 6.45) is 3.19. The van der Waals surface area contributed by atoms with Crippen molar-refractivity contribution in [2.45, 2.75) is 0 Å². The van der Waals surface area contributed by atoms with Gasteiger partial charge in [0.15, 0.2) is 23.0 Å². The van der Waals surface area contributed by atoms with Gasteiger partial charge in [0.25, 0.3) is 22.3 Å². The van der Waals surface area contributed by atoms with Gasteiger partial charge in [0.05, 0.1) is 52.5 Å². The predicted octanol–water partition coefficient (Wildman–Crippen LogP) is 4.07. The van der Waals surface area contributed by atoms with Gasteiger partial charge in [-0.25, -0.2) is 0 Å². The van der Waals surface area contributed by atoms with E-state index in [9.17, 15) is 19.2 Å². The summed E-state index contributed by atoms with van der Waals surface area (Å²) in [4.78, 5) is 45.9. The lowest BCUT2D eigenvalue weighted by molar-refractivity contribution is -0.116. The van der Waals surface area contributed by atoms with Crippen LogP contribution in [0.4, 0.5) is 9.59 Å². The molecule has 2 fully saturated rings. The predicted molar refractivity (Wildman–Crippen MR) is 150 cm³/mol. The first-order valence-electron chi connectivity index (χ1n) is 11.3. The molecule has 0 saturated carbocycles. The second kappa shape index (κ2) is 13.7. The highest BCUT2D eigenvalue weighted by atomic mass is 32.2. The van der Waals surface area contributed by atoms with Gasteiger partial charge in [-0.15, -0.1) is 0 Å². The van der Waals surface area contributed by atoms with Crippen LogP contribution in [0.25, 0.3) is 12.2 Å². The lowest BCUT2D eigenvalue weighted by Crippen LogP contribution is -2.17. The summed E-state index contributed by atoms with van der Waals surface area (Å²) in [5, 5.41) is 3.63. The molecule has 0 aliphatic carbocycles. The molecule has 2 heterocycles. The molecule has 0 radical (unpaired) electrons. The Morgan fingerprint density at radius 2 is 0.825 bits per heavy atom. The van der Waals surface area contributed by atoms with Crippen molar-refractivity contribution in [3.05, 3.63) is 45.2 Å². The highest BCUT2D eigenvalue weighted by molar-refractivity contribution is 8.18. The Kier molecular flexibility index (Phi) is 10.3. The molecule has 4 amide bonds. The van der Waals surface area contributed by atoms with Crippen molar-refractivity contribution in [1.29, 1.82) is 0 Å². The number of hydrogen-bond acceptors (Lipinski definition) is 12. The van der Waals surface area contributed by atoms with Crippen molar-refractivity contribution in [3.8, 4) is 34.5 Å². The normalized spacial score (nSPS) is 16.2. The van der Waals surface area contributed by atoms with Gasteiger partial charge in [-0.3, -0.25) is 29.8 Å². The van der Waals surface area contributed by atoms with Crippen LogP contribution in [0.2, 0.25) is 0 Å². The van der Waals surface area contributed by atoms with E-state index in [1.165, 1.54) is 42.7 Å². The van der Waals surface area contributed by atoms with E-state index in [4.69, 9.17) is 28.4 Å². The van der Waals surface area contributed by atoms with E-state index in [0.29, 0.717) is 55.4 Å². The zero-order chi connectivity index (χ0) is 29.4. The fraction of sp³-hybridized carbons (Fsp3) is 0.231. The number of ether oxygens (including phenoxy) is 6. The molecule has 40 heavy (non-hydrogen) atoms. The van der Waals surface area contributed by atoms with Crippen LogP contribution < -0.4 is 39.1 Å². The van der Waals surface area contributed by atoms with E-state index < -0.39 is 11.8 Å². The molecule has 0 atom stereocenters. The number of carbonyl (C=O) groups excluding carboxylic acids is 4. The van der Waals surface area contributed by atoms with Crippen LogP contribution in [0, 0.1) is 0 Å². The second-order valence-electron chi connectivity index (χ2n) is 7.62. The standard InChI is InChI=1S/2C13H13NO5S/c2*1-17-8-4-7(5-9(18-2)11(8)19-3)6-10-12(15)14-13(16)20-10/h2*4-6H,1-3H3,(H,14,15,16). The number of rotatable bonds is 8. The number of carbonyl (C=O) groups is 4. The van der Waals surface area contributed by atoms with E-state index >= 15 is 0 Å². The molecule has 2 saturated heterocycles. The Labute approximate surface area is 238 Å². The van der Waals surface area contributed by atoms with Crippen molar-refractivity contribution < 1.29 is 47.6 Å². The minimum atomic E-state index is -0.409. The van der Waals surface area contributed by atoms with E-state index in [-0.39, 0.29) is 10.5 Å². The molecule has 2 aromatic rings. The minimum Gasteiger partial charge on any atom is -0.493 e. The van der Waals surface area contributed by atoms with Crippen LogP contribution in [0.3, 0.4) is 0 Å². The fourth-order valence-electron chi connectivity index (χ4n) is 3.51. The van der Waals surface area contributed by atoms with Crippen LogP contribution in [-0.2, 0) is 9.59 Å². The molecule has 0 spiro atoms. The number of imide groups is 2. The monoisotopic (exact) mass is 590 g/mol. The summed E-state index contributed by atoms with van der Waals surface area (Å²) in [6, 6.07) is 6.80. The molecule has 2 aliphatic rings. The number of amides is 4. The highest BCUT2D eigenvalue weighted by Gasteiger charge is 2.26. The molecule has 2 N–H and O–H groups in total. The summed E-state index contributed by atoms with van der Waals surface area (Å²) >= 11 is 1.71. The first-order chi connectivity index (χ1) is 19.2. The van der Waals surface area contributed by atoms with Gasteiger partial charge < -0.3 is 28.4 Å². The quantitative estimate of drug-likeness (QED) is 0.427. The second-order valence-corrected chi connectivity index (χ2v) is 9.65. The van der Waals surface area contributed by atoms with Crippen LogP contribution in [0.5, 0.6) is 34.5 Å². The number of methoxy groups -OCH3 is 6. The van der Waals surface area contributed by atoms with Gasteiger partial charge in [0, 0.05) is 0 Å². The lowest BCUT2D eigenvalue weighted by Gasteiger charge is -2.12. The van der Waals surface area contributed by atoms with E-state index in [1.54, 1.807) is 36.4 Å². The van der Waals surface area contributed by atoms with Crippen molar-refractivity contribution >= 4 is 58.0 Å². The third-order valence-corrected chi connectivity index (χ3v) is 6.87. The largest absolute Gasteiger partial charge is 0.493 e. The molecular weight excluding hydrogens is 564 g/mol. The molecule has 0 bridgehead atoms. The third kappa shape index (κ3) is 7.01. The van der Waals surface area contributed by atoms with Crippen molar-refractivity contribution in [2.75, 3.05) is 42.7 Å². The first-order valence-corrected chi connectivity index (χ1v) is 12.9. The summed E-state index contributed by atoms with van der Waals surface area (Å²) in [5.41, 5.74) is 1.35. The minimum absolute atomic E-state index is 0.323. The Hall–Kier alpha value is -4.30. The highest BCUT2D eigenvalue weighted by Crippen LogP contribution is 2.40. The molecule has 4 rings (SSSR count). The van der Waals surface area contributed by atoms with Gasteiger partial charge in [-0.2, -0.15) is 0 Å². The zero-order valence-corrected chi connectivity index (χ0v) is 24.0. The number of hydrogen-bond donors (Lipinski definition) is 2. The van der Waals surface area contributed by atoms with Crippen LogP contribution in [0.15, 0.2) is 34.1 Å². The van der Waals surface area contributed by atoms with Crippen molar-refractivity contribution in [2.24, 2.45) is 0 Å². The molecule has 14 heteroatoms. The van der Waals surface area contributed by atoms with Gasteiger partial charge in [0.2, 0.25) is 11.5 Å². The summed E-state index contributed by atoms with van der Waals surface area (Å²) in [7, 11) is 9.06. The van der Waals surface area contributed by atoms with Gasteiger partial charge in [-0.1, -0.05) is 0 Å². The SMILES string of the molecule is COc1cc(C=C2SC(=O)NC2=O)cc(OC)c1OC.COc1cc(C=C2SC(=O)NC2=O)cc(OC)c1OC. The maximum atomic E-state index is 11.5. The summed E-state index contributed by atoms with van der Waals surface area (Å²) in [6.45, 7) is 0. The smallest absolute Gasteiger partial charge is 0.290 e. The molecule has 0 unspecified atom stereocenters. The van der Waals surface area contributed by atoms with Crippen molar-refractivity contribution in [3.63, 3.8) is 0 Å². The summed E-state index contributed by atoms with van der Waals surface area (Å²) in [5.74, 6) is 2.04. The molecular formula is C26H26N2O10S2. The van der Waals surface area contributed by atoms with Gasteiger partial charge in [0.1, 0.15) is 0 Å². The molecule has 2 aliphatic heterocycles. The van der Waals surface area contributed by atoms with Crippen LogP contribution >= 0.6 is 23.5 Å². The Balaban J connectivity index is 0.000000220. The Bertz CT molecular complexity index is 1250. The maximum Gasteiger partial charge on any atom is 0.290 e. The first kappa shape index (κ1) is 30.2. The van der Waals surface area contributed by atoms with Gasteiger partial charge >= 0.3 is 0 Å². The van der Waals surface area contributed by atoms with E-state index in [1.807, 2.05) is 0 Å². The number of nitrogens with one attached hydrogen (secondary N) is 2. The van der Waals surface area contributed by atoms with E-state index in [2.05, 4.69) is 10.6 Å². The van der Waals surface area contributed by atoms with E-state index in [0.717, 1.165) is 23.5 Å². The van der Waals surface area contributed by atoms with Crippen molar-refractivity contribution in [1.82, 2.24) is 10.6 Å². The Morgan fingerprint density at radius 1 is 0.525 bits per heavy atom. The van der Waals surface area contributed by atoms with Crippen LogP contribution in [0.1, 0.15) is 11.1 Å². The number of thioether (sulfide) groups is 2. The Morgan fingerprint density at radius 3 is 1.02 bits per heavy atom. The molecule has 2 aromatic carbocycles. The molecule has 12 nitrogen and oxygen atoms in total. The zero-order valence-electron chi connectivity index (χ0n) is 22.4. The summed E-state index contributed by atoms with van der Waals surface area (Å²) < 4.78 is 31.3. The lowest BCUT2D eigenvalue weighted by atomic mass is 10.1. The molecule has 212 valence electrons. The number of benzene rings is 2. The average molecular weight is 591 g/mol. The fourth-order valence-corrected chi connectivity index (χ4v) is 4.88. The van der Waals surface area contributed by atoms with Gasteiger partial charge in [-0.05, 0) is 71.1 Å². The average Bonchev–Trinajstić information content (AvgIpc) is 3.44.